The Morgan fingerprint density at radius 1 is 1.21 bits per heavy atom. The van der Waals surface area contributed by atoms with E-state index in [4.69, 9.17) is 9.68 Å². The molecule has 0 N–H and O–H groups in total. The van der Waals surface area contributed by atoms with Gasteiger partial charge >= 0.3 is 0 Å². The maximum atomic E-state index is 13.1. The maximum absolute atomic E-state index is 13.1. The van der Waals surface area contributed by atoms with Crippen LogP contribution in [0.3, 0.4) is 0 Å². The summed E-state index contributed by atoms with van der Waals surface area (Å²) in [4.78, 5) is 29.2. The third-order valence-electron chi connectivity index (χ3n) is 5.24. The van der Waals surface area contributed by atoms with E-state index in [1.165, 1.54) is 12.5 Å². The second kappa shape index (κ2) is 8.75. The zero-order chi connectivity index (χ0) is 20.1. The Balaban J connectivity index is 1.61. The molecule has 0 bridgehead atoms. The zero-order valence-electron chi connectivity index (χ0n) is 16.3. The lowest BCUT2D eigenvalue weighted by Crippen LogP contribution is -2.46. The number of nitrogens with zero attached hydrogens (tertiary/aromatic N) is 3. The molecule has 1 fully saturated rings. The highest BCUT2D eigenvalue weighted by Gasteiger charge is 2.31. The number of amides is 2. The molecule has 0 aliphatic carbocycles. The van der Waals surface area contributed by atoms with E-state index in [0.717, 1.165) is 5.56 Å². The van der Waals surface area contributed by atoms with Gasteiger partial charge in [-0.15, -0.1) is 0 Å². The second-order valence-corrected chi connectivity index (χ2v) is 7.45. The molecule has 6 heteroatoms. The van der Waals surface area contributed by atoms with Gasteiger partial charge in [-0.25, -0.2) is 0 Å². The number of rotatable bonds is 5. The SMILES string of the molecule is CC(C)N(Cc1ccc(C#N)cc1)C(=O)C1CCN(C(=O)c2ccoc2)CC1. The summed E-state index contributed by atoms with van der Waals surface area (Å²) in [6.45, 7) is 5.70. The van der Waals surface area contributed by atoms with Crippen LogP contribution >= 0.6 is 0 Å². The summed E-state index contributed by atoms with van der Waals surface area (Å²) in [6, 6.07) is 11.2. The molecule has 2 amide bonds. The van der Waals surface area contributed by atoms with E-state index in [1.807, 2.05) is 30.9 Å². The Hall–Kier alpha value is -3.07. The molecule has 1 aliphatic rings. The molecule has 1 aliphatic heterocycles. The van der Waals surface area contributed by atoms with Crippen LogP contribution in [0.25, 0.3) is 0 Å². The first kappa shape index (κ1) is 19.7. The summed E-state index contributed by atoms with van der Waals surface area (Å²) < 4.78 is 4.99. The van der Waals surface area contributed by atoms with Gasteiger partial charge in [0.25, 0.3) is 5.91 Å². The molecule has 0 radical (unpaired) electrons. The summed E-state index contributed by atoms with van der Waals surface area (Å²) in [6.07, 6.45) is 4.28. The van der Waals surface area contributed by atoms with E-state index in [1.54, 1.807) is 23.1 Å². The van der Waals surface area contributed by atoms with Crippen molar-refractivity contribution in [2.45, 2.75) is 39.3 Å². The highest BCUT2D eigenvalue weighted by atomic mass is 16.3. The van der Waals surface area contributed by atoms with Gasteiger partial charge in [-0.1, -0.05) is 12.1 Å². The van der Waals surface area contributed by atoms with E-state index in [9.17, 15) is 9.59 Å². The van der Waals surface area contributed by atoms with Gasteiger partial charge in [0.05, 0.1) is 23.5 Å². The summed E-state index contributed by atoms with van der Waals surface area (Å²) in [5, 5.41) is 8.93. The third kappa shape index (κ3) is 4.42. The highest BCUT2D eigenvalue weighted by Crippen LogP contribution is 2.23. The van der Waals surface area contributed by atoms with Gasteiger partial charge in [-0.2, -0.15) is 5.26 Å². The van der Waals surface area contributed by atoms with Crippen LogP contribution < -0.4 is 0 Å². The van der Waals surface area contributed by atoms with Crippen molar-refractivity contribution in [2.24, 2.45) is 5.92 Å². The van der Waals surface area contributed by atoms with E-state index >= 15 is 0 Å². The number of piperidine rings is 1. The number of furan rings is 1. The van der Waals surface area contributed by atoms with Crippen LogP contribution in [0.5, 0.6) is 0 Å². The number of carbonyl (C=O) groups is 2. The summed E-state index contributed by atoms with van der Waals surface area (Å²) in [5.74, 6) is 0.0156. The van der Waals surface area contributed by atoms with Crippen LogP contribution in [0.4, 0.5) is 0 Å². The molecule has 0 saturated carbocycles. The van der Waals surface area contributed by atoms with Crippen LogP contribution in [0.1, 0.15) is 48.2 Å². The smallest absolute Gasteiger partial charge is 0.257 e. The van der Waals surface area contributed by atoms with Crippen molar-refractivity contribution in [3.8, 4) is 6.07 Å². The standard InChI is InChI=1S/C22H25N3O3/c1-16(2)25(14-18-5-3-17(13-23)4-6-18)22(27)19-7-10-24(11-8-19)21(26)20-9-12-28-15-20/h3-6,9,12,15-16,19H,7-8,10-11,14H2,1-2H3. The molecular weight excluding hydrogens is 354 g/mol. The fourth-order valence-electron chi connectivity index (χ4n) is 3.53. The number of benzene rings is 1. The van der Waals surface area contributed by atoms with Crippen molar-refractivity contribution in [3.63, 3.8) is 0 Å². The quantitative estimate of drug-likeness (QED) is 0.797. The predicted molar refractivity (Wildman–Crippen MR) is 104 cm³/mol. The Labute approximate surface area is 165 Å². The van der Waals surface area contributed by atoms with Gasteiger partial charge < -0.3 is 14.2 Å². The molecule has 0 spiro atoms. The van der Waals surface area contributed by atoms with Crippen molar-refractivity contribution in [1.82, 2.24) is 9.80 Å². The lowest BCUT2D eigenvalue weighted by Gasteiger charge is -2.35. The molecule has 1 saturated heterocycles. The first-order valence-corrected chi connectivity index (χ1v) is 9.60. The highest BCUT2D eigenvalue weighted by molar-refractivity contribution is 5.94. The van der Waals surface area contributed by atoms with Gasteiger partial charge in [0.15, 0.2) is 0 Å². The minimum absolute atomic E-state index is 0.0436. The average Bonchev–Trinajstić information content (AvgIpc) is 3.26. The molecule has 146 valence electrons. The Morgan fingerprint density at radius 3 is 2.43 bits per heavy atom. The van der Waals surface area contributed by atoms with Gasteiger partial charge in [0.1, 0.15) is 6.26 Å². The van der Waals surface area contributed by atoms with E-state index in [0.29, 0.717) is 43.6 Å². The van der Waals surface area contributed by atoms with Crippen LogP contribution in [0.15, 0.2) is 47.3 Å². The van der Waals surface area contributed by atoms with E-state index < -0.39 is 0 Å². The number of carbonyl (C=O) groups excluding carboxylic acids is 2. The van der Waals surface area contributed by atoms with Crippen molar-refractivity contribution in [3.05, 3.63) is 59.5 Å². The molecule has 0 unspecified atom stereocenters. The van der Waals surface area contributed by atoms with Gasteiger partial charge in [-0.3, -0.25) is 9.59 Å². The predicted octanol–water partition coefficient (Wildman–Crippen LogP) is 3.44. The molecule has 0 atom stereocenters. The first-order chi connectivity index (χ1) is 13.5. The minimum atomic E-state index is -0.0748. The summed E-state index contributed by atoms with van der Waals surface area (Å²) in [7, 11) is 0. The van der Waals surface area contributed by atoms with Gasteiger partial charge in [0.2, 0.25) is 5.91 Å². The molecule has 3 rings (SSSR count). The first-order valence-electron chi connectivity index (χ1n) is 9.60. The van der Waals surface area contributed by atoms with E-state index in [-0.39, 0.29) is 23.8 Å². The van der Waals surface area contributed by atoms with Crippen LogP contribution in [-0.2, 0) is 11.3 Å². The van der Waals surface area contributed by atoms with Gasteiger partial charge in [0, 0.05) is 31.6 Å². The number of hydrogen-bond acceptors (Lipinski definition) is 4. The van der Waals surface area contributed by atoms with Crippen molar-refractivity contribution < 1.29 is 14.0 Å². The fourth-order valence-corrected chi connectivity index (χ4v) is 3.53. The van der Waals surface area contributed by atoms with Gasteiger partial charge in [-0.05, 0) is 50.5 Å². The zero-order valence-corrected chi connectivity index (χ0v) is 16.3. The number of hydrogen-bond donors (Lipinski definition) is 0. The lowest BCUT2D eigenvalue weighted by atomic mass is 9.94. The Kier molecular flexibility index (Phi) is 6.15. The molecular formula is C22H25N3O3. The Morgan fingerprint density at radius 2 is 1.89 bits per heavy atom. The topological polar surface area (TPSA) is 77.5 Å². The van der Waals surface area contributed by atoms with Crippen LogP contribution in [0.2, 0.25) is 0 Å². The normalized spacial score (nSPS) is 14.7. The molecule has 1 aromatic heterocycles. The van der Waals surface area contributed by atoms with E-state index in [2.05, 4.69) is 6.07 Å². The maximum Gasteiger partial charge on any atom is 0.257 e. The fraction of sp³-hybridized carbons (Fsp3) is 0.409. The third-order valence-corrected chi connectivity index (χ3v) is 5.24. The summed E-state index contributed by atoms with van der Waals surface area (Å²) in [5.41, 5.74) is 2.17. The molecule has 2 heterocycles. The number of likely N-dealkylation sites (tertiary alicyclic amines) is 1. The van der Waals surface area contributed by atoms with Crippen molar-refractivity contribution >= 4 is 11.8 Å². The van der Waals surface area contributed by atoms with Crippen molar-refractivity contribution in [1.29, 1.82) is 5.26 Å². The number of nitriles is 1. The monoisotopic (exact) mass is 379 g/mol. The molecule has 6 nitrogen and oxygen atoms in total. The second-order valence-electron chi connectivity index (χ2n) is 7.45. The lowest BCUT2D eigenvalue weighted by molar-refractivity contribution is -0.139. The summed E-state index contributed by atoms with van der Waals surface area (Å²) >= 11 is 0. The molecule has 2 aromatic rings. The minimum Gasteiger partial charge on any atom is -0.472 e. The Bertz CT molecular complexity index is 842. The van der Waals surface area contributed by atoms with Crippen LogP contribution in [-0.4, -0.2) is 40.7 Å². The molecule has 1 aromatic carbocycles. The average molecular weight is 379 g/mol. The van der Waals surface area contributed by atoms with Crippen molar-refractivity contribution in [2.75, 3.05) is 13.1 Å². The van der Waals surface area contributed by atoms with Crippen LogP contribution in [0, 0.1) is 17.2 Å². The molecule has 28 heavy (non-hydrogen) atoms. The largest absolute Gasteiger partial charge is 0.472 e.